The molecule has 3 N–H and O–H groups in total. The second kappa shape index (κ2) is 2.52. The molecule has 0 amide bonds. The first-order chi connectivity index (χ1) is 3.30. The Labute approximate surface area is 49.7 Å². The molecule has 1 heterocycles. The van der Waals surface area contributed by atoms with Crippen LogP contribution in [0.3, 0.4) is 0 Å². The molecule has 0 aliphatic heterocycles. The molecule has 0 saturated heterocycles. The Kier molecular flexibility index (Phi) is 2.28. The van der Waals surface area contributed by atoms with Crippen LogP contribution in [0.25, 0.3) is 0 Å². The number of nitrogens with zero attached hydrogens (tertiary/aromatic N) is 1. The van der Waals surface area contributed by atoms with Gasteiger partial charge in [0.05, 0.1) is 0 Å². The van der Waals surface area contributed by atoms with Crippen LogP contribution in [0.1, 0.15) is 5.69 Å². The van der Waals surface area contributed by atoms with Crippen LogP contribution in [0.2, 0.25) is 0 Å². The van der Waals surface area contributed by atoms with Gasteiger partial charge < -0.3 is 10.7 Å². The number of aromatic nitrogens is 1. The van der Waals surface area contributed by atoms with Gasteiger partial charge >= 0.3 is 0 Å². The molecule has 0 saturated carbocycles. The van der Waals surface area contributed by atoms with Gasteiger partial charge in [-0.15, -0.1) is 0 Å². The van der Waals surface area contributed by atoms with E-state index in [1.807, 2.05) is 19.3 Å². The Morgan fingerprint density at radius 1 is 1.50 bits per heavy atom. The Morgan fingerprint density at radius 3 is 2.25 bits per heavy atom. The number of rotatable bonds is 0. The molecule has 1 rings (SSSR count). The third kappa shape index (κ3) is 1.10. The first kappa shape index (κ1) is 7.24. The van der Waals surface area contributed by atoms with Crippen LogP contribution in [0.15, 0.2) is 18.3 Å². The fourth-order valence-electron chi connectivity index (χ4n) is 0.547. The molecule has 0 atom stereocenters. The van der Waals surface area contributed by atoms with Gasteiger partial charge in [-0.2, -0.15) is 0 Å². The van der Waals surface area contributed by atoms with Crippen molar-refractivity contribution in [2.45, 2.75) is 6.92 Å². The predicted molar refractivity (Wildman–Crippen MR) is 35.2 cm³/mol. The van der Waals surface area contributed by atoms with E-state index < -0.39 is 0 Å². The summed E-state index contributed by atoms with van der Waals surface area (Å²) >= 11 is 0. The molecular weight excluding hydrogens is 100 g/mol. The summed E-state index contributed by atoms with van der Waals surface area (Å²) in [6.45, 7) is 2.08. The zero-order valence-corrected chi connectivity index (χ0v) is 5.39. The Bertz CT molecular complexity index is 139. The summed E-state index contributed by atoms with van der Waals surface area (Å²) in [4.78, 5) is 0. The quantitative estimate of drug-likeness (QED) is 0.542. The van der Waals surface area contributed by atoms with Crippen molar-refractivity contribution in [3.05, 3.63) is 24.0 Å². The van der Waals surface area contributed by atoms with Crippen LogP contribution >= 0.6 is 0 Å². The van der Waals surface area contributed by atoms with Gasteiger partial charge in [0, 0.05) is 18.9 Å². The molecule has 1 aromatic rings. The summed E-state index contributed by atoms with van der Waals surface area (Å²) < 4.78 is 2.08. The van der Waals surface area contributed by atoms with Crippen molar-refractivity contribution in [3.8, 4) is 0 Å². The van der Waals surface area contributed by atoms with Crippen LogP contribution in [0, 0.1) is 6.92 Å². The molecule has 46 valence electrons. The van der Waals surface area contributed by atoms with E-state index in [1.165, 1.54) is 5.69 Å². The molecule has 0 fully saturated rings. The lowest BCUT2D eigenvalue weighted by atomic mass is 10.5. The van der Waals surface area contributed by atoms with E-state index in [0.29, 0.717) is 0 Å². The van der Waals surface area contributed by atoms with Crippen LogP contribution in [0.5, 0.6) is 0 Å². The highest BCUT2D eigenvalue weighted by Gasteiger charge is 1.81. The van der Waals surface area contributed by atoms with E-state index in [0.717, 1.165) is 0 Å². The molecule has 0 radical (unpaired) electrons. The second-order valence-corrected chi connectivity index (χ2v) is 1.76. The zero-order chi connectivity index (χ0) is 5.28. The fraction of sp³-hybridized carbons (Fsp3) is 0.333. The van der Waals surface area contributed by atoms with E-state index in [4.69, 9.17) is 0 Å². The predicted octanol–water partition coefficient (Wildman–Crippen LogP) is 1.50. The van der Waals surface area contributed by atoms with Crippen LogP contribution in [-0.2, 0) is 7.05 Å². The SMILES string of the molecule is Cc1cccn1C.N. The number of aryl methyl sites for hydroxylation is 2. The molecule has 2 nitrogen and oxygen atoms in total. The van der Waals surface area contributed by atoms with Crippen molar-refractivity contribution >= 4 is 0 Å². The standard InChI is InChI=1S/C6H9N.H3N/c1-6-4-3-5-7(6)2;/h3-5H,1-2H3;1H3. The summed E-state index contributed by atoms with van der Waals surface area (Å²) in [5.74, 6) is 0. The van der Waals surface area contributed by atoms with Gasteiger partial charge in [-0.25, -0.2) is 0 Å². The molecule has 8 heavy (non-hydrogen) atoms. The average molecular weight is 112 g/mol. The lowest BCUT2D eigenvalue weighted by Crippen LogP contribution is -1.84. The summed E-state index contributed by atoms with van der Waals surface area (Å²) in [7, 11) is 2.04. The van der Waals surface area contributed by atoms with Crippen molar-refractivity contribution in [2.75, 3.05) is 0 Å². The summed E-state index contributed by atoms with van der Waals surface area (Å²) in [6.07, 6.45) is 2.04. The van der Waals surface area contributed by atoms with Gasteiger partial charge in [0.2, 0.25) is 0 Å². The molecule has 0 aromatic carbocycles. The van der Waals surface area contributed by atoms with Crippen molar-refractivity contribution in [1.82, 2.24) is 10.7 Å². The summed E-state index contributed by atoms with van der Waals surface area (Å²) in [5, 5.41) is 0. The minimum absolute atomic E-state index is 0. The van der Waals surface area contributed by atoms with Crippen molar-refractivity contribution < 1.29 is 0 Å². The third-order valence-electron chi connectivity index (χ3n) is 1.20. The number of hydrogen-bond donors (Lipinski definition) is 1. The third-order valence-corrected chi connectivity index (χ3v) is 1.20. The average Bonchev–Trinajstić information content (AvgIpc) is 1.91. The van der Waals surface area contributed by atoms with Crippen molar-refractivity contribution in [2.24, 2.45) is 7.05 Å². The van der Waals surface area contributed by atoms with Gasteiger partial charge in [0.1, 0.15) is 0 Å². The van der Waals surface area contributed by atoms with Gasteiger partial charge in [-0.1, -0.05) is 0 Å². The zero-order valence-electron chi connectivity index (χ0n) is 5.39. The molecule has 0 aliphatic rings. The second-order valence-electron chi connectivity index (χ2n) is 1.76. The topological polar surface area (TPSA) is 39.9 Å². The van der Waals surface area contributed by atoms with Gasteiger partial charge in [-0.05, 0) is 19.1 Å². The highest BCUT2D eigenvalue weighted by molar-refractivity contribution is 5.02. The van der Waals surface area contributed by atoms with Crippen molar-refractivity contribution in [1.29, 1.82) is 0 Å². The smallest absolute Gasteiger partial charge is 0.0140 e. The van der Waals surface area contributed by atoms with E-state index in [2.05, 4.69) is 17.6 Å². The molecule has 0 spiro atoms. The van der Waals surface area contributed by atoms with E-state index in [1.54, 1.807) is 0 Å². The molecule has 2 heteroatoms. The Hall–Kier alpha value is -0.760. The maximum absolute atomic E-state index is 2.08. The Balaban J connectivity index is 0.000000490. The maximum Gasteiger partial charge on any atom is 0.0140 e. The van der Waals surface area contributed by atoms with Gasteiger partial charge in [-0.3, -0.25) is 0 Å². The monoisotopic (exact) mass is 112 g/mol. The lowest BCUT2D eigenvalue weighted by molar-refractivity contribution is 0.882. The van der Waals surface area contributed by atoms with Crippen LogP contribution in [0.4, 0.5) is 0 Å². The summed E-state index contributed by atoms with van der Waals surface area (Å²) in [6, 6.07) is 4.12. The van der Waals surface area contributed by atoms with Crippen LogP contribution in [-0.4, -0.2) is 4.57 Å². The normalized spacial score (nSPS) is 8.25. The lowest BCUT2D eigenvalue weighted by Gasteiger charge is -1.89. The highest BCUT2D eigenvalue weighted by Crippen LogP contribution is 1.93. The van der Waals surface area contributed by atoms with E-state index >= 15 is 0 Å². The Morgan fingerprint density at radius 2 is 2.12 bits per heavy atom. The molecule has 1 aromatic heterocycles. The summed E-state index contributed by atoms with van der Waals surface area (Å²) in [5.41, 5.74) is 1.31. The largest absolute Gasteiger partial charge is 0.355 e. The maximum atomic E-state index is 2.08. The first-order valence-electron chi connectivity index (χ1n) is 2.38. The van der Waals surface area contributed by atoms with Crippen LogP contribution < -0.4 is 6.15 Å². The minimum Gasteiger partial charge on any atom is -0.355 e. The van der Waals surface area contributed by atoms with E-state index in [9.17, 15) is 0 Å². The fourth-order valence-corrected chi connectivity index (χ4v) is 0.547. The first-order valence-corrected chi connectivity index (χ1v) is 2.38. The molecule has 0 aliphatic carbocycles. The number of hydrogen-bond acceptors (Lipinski definition) is 1. The van der Waals surface area contributed by atoms with Crippen molar-refractivity contribution in [3.63, 3.8) is 0 Å². The highest BCUT2D eigenvalue weighted by atomic mass is 14.9. The molecule has 0 unspecified atom stereocenters. The minimum atomic E-state index is 0. The molecular formula is C6H12N2. The van der Waals surface area contributed by atoms with Gasteiger partial charge in [0.15, 0.2) is 0 Å². The molecule has 0 bridgehead atoms. The van der Waals surface area contributed by atoms with E-state index in [-0.39, 0.29) is 6.15 Å². The van der Waals surface area contributed by atoms with Gasteiger partial charge in [0.25, 0.3) is 0 Å².